The van der Waals surface area contributed by atoms with E-state index in [1.165, 1.54) is 35.6 Å². The second-order valence-electron chi connectivity index (χ2n) is 7.32. The smallest absolute Gasteiger partial charge is 0.279 e. The summed E-state index contributed by atoms with van der Waals surface area (Å²) in [6, 6.07) is 13.3. The standard InChI is InChI=1S/C21H18N2O7S2/c24-20(13-9-17-18(10-13)29-12-28-17)23(25)11-32(26,27)15-7-5-14(6-8-15)30-21-22-16-3-1-2-4-19(16)31-21/h1-9,17-18,25H,10-12H2. The fraction of sp³-hybridized carbons (Fsp3) is 0.238. The second-order valence-corrected chi connectivity index (χ2v) is 10.3. The molecule has 3 aromatic rings. The predicted octanol–water partition coefficient (Wildman–Crippen LogP) is 3.11. The molecule has 9 nitrogen and oxygen atoms in total. The number of sulfone groups is 1. The number of amides is 1. The number of carbonyl (C=O) groups is 1. The van der Waals surface area contributed by atoms with Gasteiger partial charge in [0.15, 0.2) is 15.7 Å². The molecule has 2 atom stereocenters. The Labute approximate surface area is 187 Å². The van der Waals surface area contributed by atoms with E-state index in [9.17, 15) is 18.4 Å². The molecule has 1 fully saturated rings. The van der Waals surface area contributed by atoms with Gasteiger partial charge < -0.3 is 14.2 Å². The Kier molecular flexibility index (Phi) is 5.43. The first kappa shape index (κ1) is 21.0. The first-order valence-electron chi connectivity index (χ1n) is 9.70. The third kappa shape index (κ3) is 4.12. The summed E-state index contributed by atoms with van der Waals surface area (Å²) < 4.78 is 42.7. The molecule has 0 saturated carbocycles. The van der Waals surface area contributed by atoms with Gasteiger partial charge in [-0.3, -0.25) is 10.0 Å². The van der Waals surface area contributed by atoms with Gasteiger partial charge in [-0.15, -0.1) is 0 Å². The number of hydrogen-bond donors (Lipinski definition) is 1. The van der Waals surface area contributed by atoms with Crippen LogP contribution in [-0.4, -0.2) is 54.5 Å². The lowest BCUT2D eigenvalue weighted by Gasteiger charge is -2.16. The third-order valence-corrected chi connectivity index (χ3v) is 7.65. The normalized spacial score (nSPS) is 20.2. The topological polar surface area (TPSA) is 115 Å². The number of ether oxygens (including phenoxy) is 3. The quantitative estimate of drug-likeness (QED) is 0.428. The van der Waals surface area contributed by atoms with Gasteiger partial charge in [0, 0.05) is 12.0 Å². The minimum Gasteiger partial charge on any atom is -0.431 e. The van der Waals surface area contributed by atoms with Gasteiger partial charge in [-0.05, 0) is 42.5 Å². The van der Waals surface area contributed by atoms with Gasteiger partial charge in [-0.25, -0.2) is 18.5 Å². The summed E-state index contributed by atoms with van der Waals surface area (Å²) in [5, 5.41) is 10.8. The Hall–Kier alpha value is -2.83. The van der Waals surface area contributed by atoms with Crippen LogP contribution in [-0.2, 0) is 24.1 Å². The molecule has 1 aliphatic carbocycles. The average molecular weight is 475 g/mol. The van der Waals surface area contributed by atoms with Gasteiger partial charge in [-0.1, -0.05) is 23.5 Å². The van der Waals surface area contributed by atoms with E-state index >= 15 is 0 Å². The Morgan fingerprint density at radius 2 is 1.97 bits per heavy atom. The highest BCUT2D eigenvalue weighted by molar-refractivity contribution is 7.91. The van der Waals surface area contributed by atoms with E-state index < -0.39 is 21.6 Å². The van der Waals surface area contributed by atoms with E-state index in [1.54, 1.807) is 6.08 Å². The van der Waals surface area contributed by atoms with Gasteiger partial charge in [0.2, 0.25) is 0 Å². The fourth-order valence-corrected chi connectivity index (χ4v) is 5.52. The maximum absolute atomic E-state index is 12.7. The first-order valence-corrected chi connectivity index (χ1v) is 12.2. The molecular weight excluding hydrogens is 456 g/mol. The molecule has 166 valence electrons. The highest BCUT2D eigenvalue weighted by Gasteiger charge is 2.38. The second kappa shape index (κ2) is 8.26. The summed E-state index contributed by atoms with van der Waals surface area (Å²) in [5.41, 5.74) is 1.08. The number of rotatable bonds is 6. The molecule has 2 aliphatic rings. The van der Waals surface area contributed by atoms with Crippen molar-refractivity contribution in [2.75, 3.05) is 12.7 Å². The van der Waals surface area contributed by atoms with Crippen LogP contribution in [0.1, 0.15) is 6.42 Å². The highest BCUT2D eigenvalue weighted by atomic mass is 32.2. The van der Waals surface area contributed by atoms with Crippen molar-refractivity contribution in [2.24, 2.45) is 0 Å². The summed E-state index contributed by atoms with van der Waals surface area (Å²) in [4.78, 5) is 16.7. The number of benzene rings is 2. The Morgan fingerprint density at radius 3 is 2.72 bits per heavy atom. The molecular formula is C21H18N2O7S2. The summed E-state index contributed by atoms with van der Waals surface area (Å²) in [6.45, 7) is 0.156. The zero-order valence-corrected chi connectivity index (χ0v) is 18.2. The Bertz CT molecular complexity index is 1270. The van der Waals surface area contributed by atoms with Crippen molar-refractivity contribution in [3.63, 3.8) is 0 Å². The molecule has 2 heterocycles. The zero-order chi connectivity index (χ0) is 22.3. The Balaban J connectivity index is 1.25. The van der Waals surface area contributed by atoms with Crippen molar-refractivity contribution < 1.29 is 32.6 Å². The molecule has 32 heavy (non-hydrogen) atoms. The maximum Gasteiger partial charge on any atom is 0.279 e. The summed E-state index contributed by atoms with van der Waals surface area (Å²) in [5.74, 6) is -1.24. The lowest BCUT2D eigenvalue weighted by molar-refractivity contribution is -0.156. The maximum atomic E-state index is 12.7. The van der Waals surface area contributed by atoms with E-state index in [0.717, 1.165) is 10.2 Å². The van der Waals surface area contributed by atoms with Crippen LogP contribution in [0.25, 0.3) is 10.2 Å². The molecule has 0 radical (unpaired) electrons. The van der Waals surface area contributed by atoms with Crippen LogP contribution in [0.15, 0.2) is 65.1 Å². The Morgan fingerprint density at radius 1 is 1.19 bits per heavy atom. The molecule has 1 aromatic heterocycles. The number of fused-ring (bicyclic) bond motifs is 2. The summed E-state index contributed by atoms with van der Waals surface area (Å²) in [6.07, 6.45) is 1.20. The average Bonchev–Trinajstić information content (AvgIpc) is 3.47. The van der Waals surface area contributed by atoms with Crippen molar-refractivity contribution in [3.05, 3.63) is 60.2 Å². The third-order valence-electron chi connectivity index (χ3n) is 5.16. The number of nitrogens with zero attached hydrogens (tertiary/aromatic N) is 2. The molecule has 0 spiro atoms. The van der Waals surface area contributed by atoms with E-state index in [1.807, 2.05) is 24.3 Å². The van der Waals surface area contributed by atoms with Crippen molar-refractivity contribution in [1.82, 2.24) is 10.0 Å². The molecule has 5 rings (SSSR count). The molecule has 1 saturated heterocycles. The number of hydroxylamine groups is 2. The minimum atomic E-state index is -3.97. The number of para-hydroxylation sites is 1. The predicted molar refractivity (Wildman–Crippen MR) is 114 cm³/mol. The summed E-state index contributed by atoms with van der Waals surface area (Å²) in [7, 11) is -3.97. The molecule has 2 aromatic carbocycles. The van der Waals surface area contributed by atoms with Gasteiger partial charge in [0.05, 0.1) is 21.2 Å². The van der Waals surface area contributed by atoms with E-state index in [-0.39, 0.29) is 41.0 Å². The summed E-state index contributed by atoms with van der Waals surface area (Å²) >= 11 is 1.38. The lowest BCUT2D eigenvalue weighted by atomic mass is 10.2. The SMILES string of the molecule is O=C(C1=CC2OCOC2C1)N(O)CS(=O)(=O)c1ccc(Oc2nc3ccccc3s2)cc1. The first-order chi connectivity index (χ1) is 15.4. The largest absolute Gasteiger partial charge is 0.431 e. The molecule has 11 heteroatoms. The number of thiazole rings is 1. The van der Waals surface area contributed by atoms with Crippen LogP contribution >= 0.6 is 11.3 Å². The molecule has 1 amide bonds. The van der Waals surface area contributed by atoms with Crippen LogP contribution in [0.3, 0.4) is 0 Å². The van der Waals surface area contributed by atoms with Crippen LogP contribution in [0.5, 0.6) is 10.9 Å². The van der Waals surface area contributed by atoms with E-state index in [2.05, 4.69) is 4.98 Å². The zero-order valence-electron chi connectivity index (χ0n) is 16.6. The van der Waals surface area contributed by atoms with E-state index in [4.69, 9.17) is 14.2 Å². The van der Waals surface area contributed by atoms with Gasteiger partial charge in [-0.2, -0.15) is 0 Å². The number of hydrogen-bond acceptors (Lipinski definition) is 9. The van der Waals surface area contributed by atoms with Gasteiger partial charge in [0.1, 0.15) is 18.6 Å². The number of carbonyl (C=O) groups excluding carboxylic acids is 1. The van der Waals surface area contributed by atoms with Crippen molar-refractivity contribution >= 4 is 37.3 Å². The number of aromatic nitrogens is 1. The highest BCUT2D eigenvalue weighted by Crippen LogP contribution is 2.32. The van der Waals surface area contributed by atoms with Gasteiger partial charge >= 0.3 is 0 Å². The van der Waals surface area contributed by atoms with Crippen molar-refractivity contribution in [2.45, 2.75) is 23.5 Å². The lowest BCUT2D eigenvalue weighted by Crippen LogP contribution is -2.33. The monoisotopic (exact) mass is 474 g/mol. The van der Waals surface area contributed by atoms with Crippen LogP contribution in [0.2, 0.25) is 0 Å². The molecule has 0 bridgehead atoms. The molecule has 2 unspecified atom stereocenters. The fourth-order valence-electron chi connectivity index (χ4n) is 3.55. The minimum absolute atomic E-state index is 0.0510. The van der Waals surface area contributed by atoms with E-state index in [0.29, 0.717) is 10.9 Å². The van der Waals surface area contributed by atoms with Gasteiger partial charge in [0.25, 0.3) is 11.1 Å². The van der Waals surface area contributed by atoms with Crippen molar-refractivity contribution in [3.8, 4) is 10.9 Å². The molecule has 1 aliphatic heterocycles. The van der Waals surface area contributed by atoms with Crippen LogP contribution in [0.4, 0.5) is 0 Å². The van der Waals surface area contributed by atoms with Crippen LogP contribution in [0, 0.1) is 0 Å². The van der Waals surface area contributed by atoms with Crippen LogP contribution < -0.4 is 4.74 Å². The molecule has 1 N–H and O–H groups in total. The van der Waals surface area contributed by atoms with Crippen molar-refractivity contribution in [1.29, 1.82) is 0 Å².